The van der Waals surface area contributed by atoms with Crippen LogP contribution in [0.5, 0.6) is 0 Å². The van der Waals surface area contributed by atoms with Crippen molar-refractivity contribution in [3.63, 3.8) is 0 Å². The Hall–Kier alpha value is -1.30. The molecule has 0 saturated carbocycles. The standard InChI is InChI=1S/C12H20N2O4/c1-13-10(9-3-6-18-7-4-9)8-14(12(13)17)5-2-11(15)16/h9-10H,2-8H2,1H3,(H,15,16). The lowest BCUT2D eigenvalue weighted by molar-refractivity contribution is -0.137. The fourth-order valence-electron chi connectivity index (χ4n) is 2.77. The smallest absolute Gasteiger partial charge is 0.320 e. The van der Waals surface area contributed by atoms with Crippen LogP contribution in [0.3, 0.4) is 0 Å². The lowest BCUT2D eigenvalue weighted by Gasteiger charge is -2.30. The lowest BCUT2D eigenvalue weighted by atomic mass is 9.91. The first-order valence-electron chi connectivity index (χ1n) is 6.41. The van der Waals surface area contributed by atoms with Crippen molar-refractivity contribution >= 4 is 12.0 Å². The number of carbonyl (C=O) groups excluding carboxylic acids is 1. The number of aliphatic carboxylic acids is 1. The number of carboxylic acids is 1. The predicted octanol–water partition coefficient (Wildman–Crippen LogP) is 0.624. The highest BCUT2D eigenvalue weighted by Crippen LogP contribution is 2.27. The molecular weight excluding hydrogens is 236 g/mol. The highest BCUT2D eigenvalue weighted by atomic mass is 16.5. The Bertz CT molecular complexity index is 328. The van der Waals surface area contributed by atoms with Gasteiger partial charge in [-0.15, -0.1) is 0 Å². The van der Waals surface area contributed by atoms with Crippen molar-refractivity contribution in [2.45, 2.75) is 25.3 Å². The van der Waals surface area contributed by atoms with E-state index in [1.165, 1.54) is 0 Å². The Morgan fingerprint density at radius 3 is 2.72 bits per heavy atom. The van der Waals surface area contributed by atoms with Crippen molar-refractivity contribution in [3.8, 4) is 0 Å². The van der Waals surface area contributed by atoms with Crippen LogP contribution in [-0.4, -0.2) is 66.3 Å². The molecule has 0 aliphatic carbocycles. The maximum absolute atomic E-state index is 12.0. The average molecular weight is 256 g/mol. The van der Waals surface area contributed by atoms with Gasteiger partial charge in [0.05, 0.1) is 12.5 Å². The van der Waals surface area contributed by atoms with Gasteiger partial charge >= 0.3 is 12.0 Å². The number of ether oxygens (including phenoxy) is 1. The van der Waals surface area contributed by atoms with Crippen molar-refractivity contribution in [3.05, 3.63) is 0 Å². The maximum Gasteiger partial charge on any atom is 0.320 e. The number of urea groups is 1. The summed E-state index contributed by atoms with van der Waals surface area (Å²) in [6.45, 7) is 2.47. The molecule has 0 aromatic carbocycles. The van der Waals surface area contributed by atoms with Gasteiger partial charge in [-0.1, -0.05) is 0 Å². The van der Waals surface area contributed by atoms with Crippen LogP contribution in [0.1, 0.15) is 19.3 Å². The van der Waals surface area contributed by atoms with E-state index in [1.54, 1.807) is 9.80 Å². The minimum absolute atomic E-state index is 0.0140. The second-order valence-corrected chi connectivity index (χ2v) is 5.00. The summed E-state index contributed by atoms with van der Waals surface area (Å²) < 4.78 is 5.33. The van der Waals surface area contributed by atoms with Crippen LogP contribution in [0, 0.1) is 5.92 Å². The molecule has 6 nitrogen and oxygen atoms in total. The third-order valence-electron chi connectivity index (χ3n) is 3.88. The summed E-state index contributed by atoms with van der Waals surface area (Å²) in [4.78, 5) is 26.0. The number of likely N-dealkylation sites (N-methyl/N-ethyl adjacent to an activating group) is 1. The largest absolute Gasteiger partial charge is 0.481 e. The van der Waals surface area contributed by atoms with Gasteiger partial charge in [0.15, 0.2) is 0 Å². The van der Waals surface area contributed by atoms with Gasteiger partial charge in [-0.05, 0) is 18.8 Å². The minimum atomic E-state index is -0.861. The van der Waals surface area contributed by atoms with E-state index >= 15 is 0 Å². The summed E-state index contributed by atoms with van der Waals surface area (Å²) in [7, 11) is 1.81. The molecule has 0 spiro atoms. The summed E-state index contributed by atoms with van der Waals surface area (Å²) >= 11 is 0. The molecule has 2 aliphatic heterocycles. The van der Waals surface area contributed by atoms with Crippen LogP contribution in [0.4, 0.5) is 4.79 Å². The predicted molar refractivity (Wildman–Crippen MR) is 64.3 cm³/mol. The Labute approximate surface area is 106 Å². The molecule has 0 aromatic heterocycles. The zero-order valence-corrected chi connectivity index (χ0v) is 10.7. The van der Waals surface area contributed by atoms with E-state index in [0.29, 0.717) is 19.0 Å². The Kier molecular flexibility index (Phi) is 4.06. The SMILES string of the molecule is CN1C(=O)N(CCC(=O)O)CC1C1CCOCC1. The molecule has 0 aromatic rings. The summed E-state index contributed by atoms with van der Waals surface area (Å²) in [5.74, 6) is -0.387. The second kappa shape index (κ2) is 5.56. The van der Waals surface area contributed by atoms with E-state index in [-0.39, 0.29) is 18.5 Å². The van der Waals surface area contributed by atoms with Crippen LogP contribution in [0.15, 0.2) is 0 Å². The molecule has 2 amide bonds. The number of hydrogen-bond donors (Lipinski definition) is 1. The molecular formula is C12H20N2O4. The molecule has 2 saturated heterocycles. The van der Waals surface area contributed by atoms with E-state index in [4.69, 9.17) is 9.84 Å². The molecule has 2 rings (SSSR count). The van der Waals surface area contributed by atoms with Gasteiger partial charge in [-0.2, -0.15) is 0 Å². The first-order valence-corrected chi connectivity index (χ1v) is 6.41. The number of carbonyl (C=O) groups is 2. The zero-order valence-electron chi connectivity index (χ0n) is 10.7. The fourth-order valence-corrected chi connectivity index (χ4v) is 2.77. The molecule has 2 fully saturated rings. The van der Waals surface area contributed by atoms with Gasteiger partial charge in [0, 0.05) is 33.4 Å². The van der Waals surface area contributed by atoms with Crippen molar-refractivity contribution in [2.24, 2.45) is 5.92 Å². The van der Waals surface area contributed by atoms with Gasteiger partial charge in [-0.25, -0.2) is 4.79 Å². The highest BCUT2D eigenvalue weighted by Gasteiger charge is 2.39. The van der Waals surface area contributed by atoms with E-state index < -0.39 is 5.97 Å². The molecule has 0 radical (unpaired) electrons. The van der Waals surface area contributed by atoms with E-state index in [1.807, 2.05) is 7.05 Å². The van der Waals surface area contributed by atoms with Gasteiger partial charge < -0.3 is 19.6 Å². The number of rotatable bonds is 4. The third-order valence-corrected chi connectivity index (χ3v) is 3.88. The molecule has 2 aliphatic rings. The molecule has 18 heavy (non-hydrogen) atoms. The summed E-state index contributed by atoms with van der Waals surface area (Å²) in [5, 5.41) is 8.67. The number of carboxylic acid groups (broad SMARTS) is 1. The van der Waals surface area contributed by atoms with Crippen molar-refractivity contribution in [1.82, 2.24) is 9.80 Å². The lowest BCUT2D eigenvalue weighted by Crippen LogP contribution is -2.38. The van der Waals surface area contributed by atoms with Crippen molar-refractivity contribution < 1.29 is 19.4 Å². The van der Waals surface area contributed by atoms with Crippen LogP contribution in [0.25, 0.3) is 0 Å². The summed E-state index contributed by atoms with van der Waals surface area (Å²) in [5.41, 5.74) is 0. The quantitative estimate of drug-likeness (QED) is 0.800. The third kappa shape index (κ3) is 2.75. The Morgan fingerprint density at radius 1 is 1.44 bits per heavy atom. The molecule has 1 atom stereocenters. The van der Waals surface area contributed by atoms with Crippen LogP contribution in [0.2, 0.25) is 0 Å². The number of amides is 2. The van der Waals surface area contributed by atoms with Crippen LogP contribution < -0.4 is 0 Å². The molecule has 1 N–H and O–H groups in total. The van der Waals surface area contributed by atoms with Gasteiger partial charge in [0.1, 0.15) is 0 Å². The fraction of sp³-hybridized carbons (Fsp3) is 0.833. The van der Waals surface area contributed by atoms with Crippen LogP contribution in [-0.2, 0) is 9.53 Å². The van der Waals surface area contributed by atoms with Gasteiger partial charge in [0.2, 0.25) is 0 Å². The highest BCUT2D eigenvalue weighted by molar-refractivity contribution is 5.77. The minimum Gasteiger partial charge on any atom is -0.481 e. The number of hydrogen-bond acceptors (Lipinski definition) is 3. The Morgan fingerprint density at radius 2 is 2.11 bits per heavy atom. The second-order valence-electron chi connectivity index (χ2n) is 5.00. The monoisotopic (exact) mass is 256 g/mol. The molecule has 0 bridgehead atoms. The van der Waals surface area contributed by atoms with Gasteiger partial charge in [0.25, 0.3) is 0 Å². The van der Waals surface area contributed by atoms with E-state index in [2.05, 4.69) is 0 Å². The van der Waals surface area contributed by atoms with E-state index in [0.717, 1.165) is 26.1 Å². The Balaban J connectivity index is 1.93. The van der Waals surface area contributed by atoms with E-state index in [9.17, 15) is 9.59 Å². The normalized spacial score (nSPS) is 25.8. The molecule has 2 heterocycles. The number of nitrogens with zero attached hydrogens (tertiary/aromatic N) is 2. The first-order chi connectivity index (χ1) is 8.59. The summed E-state index contributed by atoms with van der Waals surface area (Å²) in [6.07, 6.45) is 1.98. The van der Waals surface area contributed by atoms with Gasteiger partial charge in [-0.3, -0.25) is 4.79 Å². The van der Waals surface area contributed by atoms with Crippen molar-refractivity contribution in [2.75, 3.05) is 33.4 Å². The first kappa shape index (κ1) is 13.1. The van der Waals surface area contributed by atoms with Crippen LogP contribution >= 0.6 is 0 Å². The summed E-state index contributed by atoms with van der Waals surface area (Å²) in [6, 6.07) is 0.155. The van der Waals surface area contributed by atoms with Crippen molar-refractivity contribution in [1.29, 1.82) is 0 Å². The molecule has 102 valence electrons. The topological polar surface area (TPSA) is 70.1 Å². The molecule has 1 unspecified atom stereocenters. The maximum atomic E-state index is 12.0. The zero-order chi connectivity index (χ0) is 13.1. The average Bonchev–Trinajstić information content (AvgIpc) is 2.65. The molecule has 6 heteroatoms.